The Labute approximate surface area is 265 Å². The Balaban J connectivity index is 1.34. The number of aromatic hydroxyl groups is 2. The van der Waals surface area contributed by atoms with Crippen LogP contribution in [0.5, 0.6) is 11.5 Å². The summed E-state index contributed by atoms with van der Waals surface area (Å²) in [7, 11) is 0. The van der Waals surface area contributed by atoms with Crippen LogP contribution in [0.15, 0.2) is 156 Å². The van der Waals surface area contributed by atoms with E-state index in [2.05, 4.69) is 36.4 Å². The summed E-state index contributed by atoms with van der Waals surface area (Å²) in [6, 6.07) is 48.1. The molecule has 46 heavy (non-hydrogen) atoms. The van der Waals surface area contributed by atoms with Crippen molar-refractivity contribution in [2.75, 3.05) is 0 Å². The molecule has 0 saturated carbocycles. The highest BCUT2D eigenvalue weighted by atomic mass is 16.3. The quantitative estimate of drug-likeness (QED) is 0.195. The van der Waals surface area contributed by atoms with Gasteiger partial charge in [-0.3, -0.25) is 9.98 Å². The highest BCUT2D eigenvalue weighted by molar-refractivity contribution is 6.14. The molecule has 218 valence electrons. The molecular weight excluding hydrogens is 564 g/mol. The zero-order valence-corrected chi connectivity index (χ0v) is 24.8. The lowest BCUT2D eigenvalue weighted by Crippen LogP contribution is -1.90. The van der Waals surface area contributed by atoms with Gasteiger partial charge < -0.3 is 10.2 Å². The standard InChI is InChI=1S/C42H28N2O2/c45-41-31(19-17-29-11-3-7-15-35(29)41)25-43-37-23-21-27-9-1-5-13-33(27)39(37)40-34-14-6-2-10-28(34)22-24-38(40)44-26-32-20-18-30-12-4-8-16-36(30)42(32)46/h1-26,45-46H/b43-25+,44-26+. The van der Waals surface area contributed by atoms with Crippen molar-refractivity contribution in [3.63, 3.8) is 0 Å². The van der Waals surface area contributed by atoms with E-state index < -0.39 is 0 Å². The first-order chi connectivity index (χ1) is 22.7. The first-order valence-corrected chi connectivity index (χ1v) is 15.2. The third-order valence-corrected chi connectivity index (χ3v) is 8.61. The van der Waals surface area contributed by atoms with Crippen LogP contribution in [-0.4, -0.2) is 22.6 Å². The minimum absolute atomic E-state index is 0.204. The van der Waals surface area contributed by atoms with Gasteiger partial charge in [0.25, 0.3) is 0 Å². The highest BCUT2D eigenvalue weighted by Crippen LogP contribution is 2.46. The number of phenolic OH excluding ortho intramolecular Hbond substituents is 2. The molecule has 0 amide bonds. The number of aliphatic imine (C=N–C) groups is 2. The van der Waals surface area contributed by atoms with E-state index in [0.717, 1.165) is 65.6 Å². The van der Waals surface area contributed by atoms with E-state index in [9.17, 15) is 10.2 Å². The predicted octanol–water partition coefficient (Wildman–Crippen LogP) is 10.9. The minimum Gasteiger partial charge on any atom is -0.507 e. The van der Waals surface area contributed by atoms with Crippen LogP contribution in [-0.2, 0) is 0 Å². The Bertz CT molecular complexity index is 2340. The number of hydrogen-bond acceptors (Lipinski definition) is 4. The number of rotatable bonds is 5. The molecule has 0 aromatic heterocycles. The molecule has 0 aliphatic rings. The molecule has 0 spiro atoms. The van der Waals surface area contributed by atoms with Crippen molar-refractivity contribution in [3.8, 4) is 22.6 Å². The van der Waals surface area contributed by atoms with Gasteiger partial charge in [0, 0.05) is 45.5 Å². The van der Waals surface area contributed by atoms with Crippen LogP contribution in [0.2, 0.25) is 0 Å². The van der Waals surface area contributed by atoms with E-state index in [-0.39, 0.29) is 11.5 Å². The molecule has 0 aliphatic heterocycles. The van der Waals surface area contributed by atoms with Gasteiger partial charge in [0.2, 0.25) is 0 Å². The van der Waals surface area contributed by atoms with Crippen molar-refractivity contribution >= 4 is 66.9 Å². The maximum absolute atomic E-state index is 11.1. The number of nitrogens with zero attached hydrogens (tertiary/aromatic N) is 2. The van der Waals surface area contributed by atoms with Gasteiger partial charge in [0.1, 0.15) is 11.5 Å². The van der Waals surface area contributed by atoms with Crippen molar-refractivity contribution in [2.45, 2.75) is 0 Å². The Kier molecular flexibility index (Phi) is 6.73. The van der Waals surface area contributed by atoms with Gasteiger partial charge in [-0.05, 0) is 56.6 Å². The van der Waals surface area contributed by atoms with Gasteiger partial charge in [0.05, 0.1) is 11.4 Å². The smallest absolute Gasteiger partial charge is 0.132 e. The third kappa shape index (κ3) is 4.73. The fourth-order valence-corrected chi connectivity index (χ4v) is 6.29. The molecule has 2 N–H and O–H groups in total. The molecule has 0 bridgehead atoms. The van der Waals surface area contributed by atoms with E-state index in [1.807, 2.05) is 109 Å². The average Bonchev–Trinajstić information content (AvgIpc) is 3.11. The topological polar surface area (TPSA) is 65.2 Å². The summed E-state index contributed by atoms with van der Waals surface area (Å²) < 4.78 is 0. The largest absolute Gasteiger partial charge is 0.507 e. The molecule has 8 aromatic rings. The Morgan fingerprint density at radius 2 is 0.674 bits per heavy atom. The molecular formula is C42H28N2O2. The SMILES string of the molecule is Oc1c(/C=N/c2ccc3ccccc3c2-c2c(/N=C/c3ccc4ccccc4c3O)ccc3ccccc23)ccc2ccccc12. The summed E-state index contributed by atoms with van der Waals surface area (Å²) in [4.78, 5) is 10.0. The predicted molar refractivity (Wildman–Crippen MR) is 193 cm³/mol. The molecule has 0 heterocycles. The van der Waals surface area contributed by atoms with Gasteiger partial charge in [-0.2, -0.15) is 0 Å². The molecule has 0 aliphatic carbocycles. The lowest BCUT2D eigenvalue weighted by atomic mass is 9.91. The molecule has 4 heteroatoms. The van der Waals surface area contributed by atoms with E-state index >= 15 is 0 Å². The maximum Gasteiger partial charge on any atom is 0.132 e. The van der Waals surface area contributed by atoms with Crippen molar-refractivity contribution in [2.24, 2.45) is 9.98 Å². The molecule has 8 aromatic carbocycles. The van der Waals surface area contributed by atoms with Crippen LogP contribution in [0, 0.1) is 0 Å². The van der Waals surface area contributed by atoms with Crippen LogP contribution in [0.25, 0.3) is 54.2 Å². The van der Waals surface area contributed by atoms with Crippen molar-refractivity contribution in [1.82, 2.24) is 0 Å². The van der Waals surface area contributed by atoms with Gasteiger partial charge >= 0.3 is 0 Å². The highest BCUT2D eigenvalue weighted by Gasteiger charge is 2.17. The first-order valence-electron chi connectivity index (χ1n) is 15.2. The van der Waals surface area contributed by atoms with Gasteiger partial charge in [-0.15, -0.1) is 0 Å². The van der Waals surface area contributed by atoms with E-state index in [1.165, 1.54) is 0 Å². The third-order valence-electron chi connectivity index (χ3n) is 8.61. The number of fused-ring (bicyclic) bond motifs is 4. The fraction of sp³-hybridized carbons (Fsp3) is 0. The summed E-state index contributed by atoms with van der Waals surface area (Å²) >= 11 is 0. The summed E-state index contributed by atoms with van der Waals surface area (Å²) in [5.41, 5.74) is 4.68. The van der Waals surface area contributed by atoms with Gasteiger partial charge in [-0.1, -0.05) is 121 Å². The Hall–Kier alpha value is -6.26. The van der Waals surface area contributed by atoms with Crippen LogP contribution in [0.4, 0.5) is 11.4 Å². The van der Waals surface area contributed by atoms with Crippen LogP contribution in [0.1, 0.15) is 11.1 Å². The molecule has 0 saturated heterocycles. The summed E-state index contributed by atoms with van der Waals surface area (Å²) in [5.74, 6) is 0.407. The molecule has 0 fully saturated rings. The lowest BCUT2D eigenvalue weighted by molar-refractivity contribution is 0.480. The van der Waals surface area contributed by atoms with E-state index in [0.29, 0.717) is 11.1 Å². The fourth-order valence-electron chi connectivity index (χ4n) is 6.29. The average molecular weight is 593 g/mol. The second-order valence-electron chi connectivity index (χ2n) is 11.3. The van der Waals surface area contributed by atoms with Gasteiger partial charge in [0.15, 0.2) is 0 Å². The maximum atomic E-state index is 11.1. The van der Waals surface area contributed by atoms with Crippen LogP contribution < -0.4 is 0 Å². The molecule has 0 radical (unpaired) electrons. The summed E-state index contributed by atoms with van der Waals surface area (Å²) in [6.45, 7) is 0. The van der Waals surface area contributed by atoms with E-state index in [4.69, 9.17) is 9.98 Å². The van der Waals surface area contributed by atoms with Gasteiger partial charge in [-0.25, -0.2) is 0 Å². The number of phenols is 2. The number of benzene rings is 8. The van der Waals surface area contributed by atoms with Crippen molar-refractivity contribution in [3.05, 3.63) is 157 Å². The first kappa shape index (κ1) is 27.3. The normalized spacial score (nSPS) is 11.9. The lowest BCUT2D eigenvalue weighted by Gasteiger charge is -2.16. The Morgan fingerprint density at radius 3 is 1.09 bits per heavy atom. The molecule has 8 rings (SSSR count). The monoisotopic (exact) mass is 592 g/mol. The van der Waals surface area contributed by atoms with Crippen molar-refractivity contribution in [1.29, 1.82) is 0 Å². The number of hydrogen-bond donors (Lipinski definition) is 2. The van der Waals surface area contributed by atoms with Crippen LogP contribution >= 0.6 is 0 Å². The van der Waals surface area contributed by atoms with Crippen LogP contribution in [0.3, 0.4) is 0 Å². The summed E-state index contributed by atoms with van der Waals surface area (Å²) in [6.07, 6.45) is 3.47. The zero-order chi connectivity index (χ0) is 31.0. The molecule has 0 unspecified atom stereocenters. The second-order valence-corrected chi connectivity index (χ2v) is 11.3. The minimum atomic E-state index is 0.204. The Morgan fingerprint density at radius 1 is 0.348 bits per heavy atom. The second kappa shape index (κ2) is 11.3. The van der Waals surface area contributed by atoms with E-state index in [1.54, 1.807) is 12.4 Å². The molecule has 4 nitrogen and oxygen atoms in total. The zero-order valence-electron chi connectivity index (χ0n) is 24.8. The van der Waals surface area contributed by atoms with Crippen molar-refractivity contribution < 1.29 is 10.2 Å². The molecule has 0 atom stereocenters. The summed E-state index contributed by atoms with van der Waals surface area (Å²) in [5, 5.41) is 30.0.